The summed E-state index contributed by atoms with van der Waals surface area (Å²) in [6.07, 6.45) is 0. The summed E-state index contributed by atoms with van der Waals surface area (Å²) in [4.78, 5) is 14.2. The van der Waals surface area contributed by atoms with Crippen molar-refractivity contribution < 1.29 is 4.79 Å². The highest BCUT2D eigenvalue weighted by atomic mass is 35.5. The monoisotopic (exact) mass is 316 g/mol. The van der Waals surface area contributed by atoms with Crippen molar-refractivity contribution in [2.75, 3.05) is 18.9 Å². The first-order chi connectivity index (χ1) is 10.5. The standard InChI is InChI=1S/C18H21ClN2O/c1-13-9-14(2)18(16(19)10-13)20-17(22)12-21(3)11-15-7-5-4-6-8-15/h4-10H,11-12H2,1-3H3,(H,20,22). The van der Waals surface area contributed by atoms with E-state index in [1.807, 2.05) is 56.1 Å². The van der Waals surface area contributed by atoms with Gasteiger partial charge >= 0.3 is 0 Å². The molecule has 0 atom stereocenters. The summed E-state index contributed by atoms with van der Waals surface area (Å²) in [6, 6.07) is 14.0. The molecule has 0 saturated carbocycles. The second-order valence-corrected chi connectivity index (χ2v) is 6.05. The van der Waals surface area contributed by atoms with Gasteiger partial charge in [-0.25, -0.2) is 0 Å². The molecule has 0 unspecified atom stereocenters. The molecule has 0 aliphatic carbocycles. The third-order valence-corrected chi connectivity index (χ3v) is 3.70. The van der Waals surface area contributed by atoms with Crippen molar-refractivity contribution in [1.82, 2.24) is 4.90 Å². The SMILES string of the molecule is Cc1cc(C)c(NC(=O)CN(C)Cc2ccccc2)c(Cl)c1. The molecule has 2 aromatic rings. The Balaban J connectivity index is 1.96. The van der Waals surface area contributed by atoms with Crippen LogP contribution in [0.15, 0.2) is 42.5 Å². The average Bonchev–Trinajstić information content (AvgIpc) is 2.43. The number of nitrogens with one attached hydrogen (secondary N) is 1. The lowest BCUT2D eigenvalue weighted by Crippen LogP contribution is -2.30. The lowest BCUT2D eigenvalue weighted by atomic mass is 10.1. The molecule has 0 saturated heterocycles. The van der Waals surface area contributed by atoms with Crippen molar-refractivity contribution in [2.45, 2.75) is 20.4 Å². The fourth-order valence-electron chi connectivity index (χ4n) is 2.45. The first kappa shape index (κ1) is 16.5. The maximum atomic E-state index is 12.2. The summed E-state index contributed by atoms with van der Waals surface area (Å²) < 4.78 is 0. The molecule has 0 spiro atoms. The van der Waals surface area contributed by atoms with E-state index in [0.717, 1.165) is 17.7 Å². The van der Waals surface area contributed by atoms with Gasteiger partial charge in [-0.3, -0.25) is 9.69 Å². The Morgan fingerprint density at radius 3 is 2.50 bits per heavy atom. The number of aryl methyl sites for hydroxylation is 2. The highest BCUT2D eigenvalue weighted by Crippen LogP contribution is 2.27. The molecule has 0 fully saturated rings. The average molecular weight is 317 g/mol. The third-order valence-electron chi connectivity index (χ3n) is 3.40. The van der Waals surface area contributed by atoms with Crippen LogP contribution in [0.2, 0.25) is 5.02 Å². The number of benzene rings is 2. The van der Waals surface area contributed by atoms with Crippen molar-refractivity contribution in [3.63, 3.8) is 0 Å². The van der Waals surface area contributed by atoms with Crippen LogP contribution in [0.25, 0.3) is 0 Å². The Labute approximate surface area is 136 Å². The summed E-state index contributed by atoms with van der Waals surface area (Å²) >= 11 is 6.22. The number of hydrogen-bond donors (Lipinski definition) is 1. The summed E-state index contributed by atoms with van der Waals surface area (Å²) in [5.74, 6) is -0.0627. The third kappa shape index (κ3) is 4.58. The van der Waals surface area contributed by atoms with Crippen LogP contribution in [0.5, 0.6) is 0 Å². The molecule has 0 aromatic heterocycles. The van der Waals surface area contributed by atoms with Gasteiger partial charge in [0.15, 0.2) is 0 Å². The van der Waals surface area contributed by atoms with Crippen LogP contribution in [0.3, 0.4) is 0 Å². The van der Waals surface area contributed by atoms with Gasteiger partial charge in [0, 0.05) is 6.54 Å². The van der Waals surface area contributed by atoms with Crippen LogP contribution < -0.4 is 5.32 Å². The molecule has 2 aromatic carbocycles. The Kier molecular flexibility index (Phi) is 5.58. The van der Waals surface area contributed by atoms with Crippen LogP contribution in [-0.4, -0.2) is 24.4 Å². The molecule has 0 heterocycles. The molecule has 1 amide bonds. The zero-order valence-electron chi connectivity index (χ0n) is 13.2. The van der Waals surface area contributed by atoms with E-state index in [2.05, 4.69) is 17.4 Å². The fourth-order valence-corrected chi connectivity index (χ4v) is 2.82. The van der Waals surface area contributed by atoms with Crippen LogP contribution in [0.4, 0.5) is 5.69 Å². The van der Waals surface area contributed by atoms with Crippen molar-refractivity contribution in [3.8, 4) is 0 Å². The number of anilines is 1. The highest BCUT2D eigenvalue weighted by molar-refractivity contribution is 6.34. The lowest BCUT2D eigenvalue weighted by Gasteiger charge is -2.17. The summed E-state index contributed by atoms with van der Waals surface area (Å²) in [5.41, 5.74) is 3.94. The summed E-state index contributed by atoms with van der Waals surface area (Å²) in [5, 5.41) is 3.49. The molecule has 0 bridgehead atoms. The van der Waals surface area contributed by atoms with E-state index in [0.29, 0.717) is 17.3 Å². The van der Waals surface area contributed by atoms with Gasteiger partial charge in [-0.05, 0) is 43.7 Å². The largest absolute Gasteiger partial charge is 0.323 e. The van der Waals surface area contributed by atoms with Gasteiger partial charge in [-0.2, -0.15) is 0 Å². The summed E-state index contributed by atoms with van der Waals surface area (Å²) in [6.45, 7) is 4.98. The second kappa shape index (κ2) is 7.43. The first-order valence-corrected chi connectivity index (χ1v) is 7.62. The smallest absolute Gasteiger partial charge is 0.238 e. The number of halogens is 1. The zero-order chi connectivity index (χ0) is 16.1. The number of rotatable bonds is 5. The maximum Gasteiger partial charge on any atom is 0.238 e. The number of hydrogen-bond acceptors (Lipinski definition) is 2. The van der Waals surface area contributed by atoms with Crippen molar-refractivity contribution in [3.05, 3.63) is 64.2 Å². The van der Waals surface area contributed by atoms with E-state index in [1.165, 1.54) is 5.56 Å². The number of amides is 1. The lowest BCUT2D eigenvalue weighted by molar-refractivity contribution is -0.117. The Morgan fingerprint density at radius 2 is 1.86 bits per heavy atom. The molecule has 1 N–H and O–H groups in total. The molecule has 116 valence electrons. The van der Waals surface area contributed by atoms with Gasteiger partial charge in [0.25, 0.3) is 0 Å². The predicted octanol–water partition coefficient (Wildman–Crippen LogP) is 4.03. The molecule has 0 radical (unpaired) electrons. The normalized spacial score (nSPS) is 10.8. The fraction of sp³-hybridized carbons (Fsp3) is 0.278. The Bertz CT molecular complexity index is 632. The molecule has 0 aliphatic heterocycles. The van der Waals surface area contributed by atoms with Crippen LogP contribution in [0, 0.1) is 13.8 Å². The van der Waals surface area contributed by atoms with Crippen LogP contribution in [0.1, 0.15) is 16.7 Å². The quantitative estimate of drug-likeness (QED) is 0.903. The van der Waals surface area contributed by atoms with Gasteiger partial charge in [-0.1, -0.05) is 48.0 Å². The van der Waals surface area contributed by atoms with E-state index in [1.54, 1.807) is 0 Å². The van der Waals surface area contributed by atoms with Gasteiger partial charge < -0.3 is 5.32 Å². The van der Waals surface area contributed by atoms with Crippen molar-refractivity contribution in [2.24, 2.45) is 0 Å². The molecular formula is C18H21ClN2O. The van der Waals surface area contributed by atoms with Gasteiger partial charge in [-0.15, -0.1) is 0 Å². The minimum atomic E-state index is -0.0627. The zero-order valence-corrected chi connectivity index (χ0v) is 13.9. The number of carbonyl (C=O) groups is 1. The predicted molar refractivity (Wildman–Crippen MR) is 92.3 cm³/mol. The van der Waals surface area contributed by atoms with Crippen molar-refractivity contribution in [1.29, 1.82) is 0 Å². The topological polar surface area (TPSA) is 32.3 Å². The van der Waals surface area contributed by atoms with Crippen molar-refractivity contribution >= 4 is 23.2 Å². The Hall–Kier alpha value is -1.84. The van der Waals surface area contributed by atoms with Crippen LogP contribution in [-0.2, 0) is 11.3 Å². The van der Waals surface area contributed by atoms with E-state index in [-0.39, 0.29) is 5.91 Å². The summed E-state index contributed by atoms with van der Waals surface area (Å²) in [7, 11) is 1.93. The molecule has 3 nitrogen and oxygen atoms in total. The minimum Gasteiger partial charge on any atom is -0.323 e. The molecule has 0 aliphatic rings. The molecule has 4 heteroatoms. The molecule has 2 rings (SSSR count). The molecular weight excluding hydrogens is 296 g/mol. The number of nitrogens with zero attached hydrogens (tertiary/aromatic N) is 1. The van der Waals surface area contributed by atoms with Gasteiger partial charge in [0.05, 0.1) is 17.3 Å². The highest BCUT2D eigenvalue weighted by Gasteiger charge is 2.11. The van der Waals surface area contributed by atoms with Gasteiger partial charge in [0.1, 0.15) is 0 Å². The van der Waals surface area contributed by atoms with E-state index in [9.17, 15) is 4.79 Å². The van der Waals surface area contributed by atoms with E-state index >= 15 is 0 Å². The van der Waals surface area contributed by atoms with E-state index < -0.39 is 0 Å². The number of carbonyl (C=O) groups excluding carboxylic acids is 1. The minimum absolute atomic E-state index is 0.0627. The molecule has 22 heavy (non-hydrogen) atoms. The second-order valence-electron chi connectivity index (χ2n) is 5.64. The van der Waals surface area contributed by atoms with Gasteiger partial charge in [0.2, 0.25) is 5.91 Å². The first-order valence-electron chi connectivity index (χ1n) is 7.25. The maximum absolute atomic E-state index is 12.2. The van der Waals surface area contributed by atoms with E-state index in [4.69, 9.17) is 11.6 Å². The van der Waals surface area contributed by atoms with Crippen LogP contribution >= 0.6 is 11.6 Å². The Morgan fingerprint density at radius 1 is 1.18 bits per heavy atom. The number of likely N-dealkylation sites (N-methyl/N-ethyl adjacent to an activating group) is 1.